The number of hydrogen-bond acceptors (Lipinski definition) is 4. The number of fused-ring (bicyclic) bond motifs is 5. The van der Waals surface area contributed by atoms with Crippen molar-refractivity contribution in [3.8, 4) is 0 Å². The van der Waals surface area contributed by atoms with Gasteiger partial charge in [-0.3, -0.25) is 4.79 Å². The standard InChI is InChI=1S/C30H37NO2S/c1-29-14-12-20(32)16-19(29)8-9-21-23-10-11-24(30(23,2)15-13-25(21)29)22-17-34-28(31)26(22)27(33)18-6-4-3-5-7-18/h3-8,17,20-21,23-25,32H,9-16,31H2,1-2H3/t20-,21-,23-,24+,25-,29-,30-/m0/s1. The van der Waals surface area contributed by atoms with E-state index in [1.165, 1.54) is 41.7 Å². The van der Waals surface area contributed by atoms with E-state index in [0.717, 1.165) is 55.1 Å². The summed E-state index contributed by atoms with van der Waals surface area (Å²) < 4.78 is 0. The van der Waals surface area contributed by atoms with Crippen molar-refractivity contribution in [1.82, 2.24) is 0 Å². The van der Waals surface area contributed by atoms with Crippen LogP contribution in [0.25, 0.3) is 0 Å². The first-order valence-corrected chi connectivity index (χ1v) is 14.0. The number of hydrogen-bond donors (Lipinski definition) is 2. The molecule has 0 bridgehead atoms. The molecule has 0 saturated heterocycles. The molecule has 1 aromatic carbocycles. The summed E-state index contributed by atoms with van der Waals surface area (Å²) in [6.07, 6.45) is 11.4. The Bertz CT molecular complexity index is 1140. The van der Waals surface area contributed by atoms with Gasteiger partial charge in [-0.25, -0.2) is 0 Å². The Hall–Kier alpha value is -1.91. The highest BCUT2D eigenvalue weighted by Crippen LogP contribution is 2.68. The van der Waals surface area contributed by atoms with E-state index in [2.05, 4.69) is 25.3 Å². The third-order valence-electron chi connectivity index (χ3n) is 10.6. The van der Waals surface area contributed by atoms with Crippen LogP contribution in [0.5, 0.6) is 0 Å². The number of allylic oxidation sites excluding steroid dienone is 1. The molecule has 0 aliphatic heterocycles. The molecule has 3 nitrogen and oxygen atoms in total. The minimum Gasteiger partial charge on any atom is -0.393 e. The summed E-state index contributed by atoms with van der Waals surface area (Å²) in [5, 5.41) is 13.2. The monoisotopic (exact) mass is 475 g/mol. The number of ketones is 1. The molecule has 7 atom stereocenters. The van der Waals surface area contributed by atoms with Gasteiger partial charge < -0.3 is 10.8 Å². The highest BCUT2D eigenvalue weighted by atomic mass is 32.1. The molecule has 4 aliphatic carbocycles. The molecule has 180 valence electrons. The number of thiophene rings is 1. The van der Waals surface area contributed by atoms with Crippen molar-refractivity contribution >= 4 is 22.1 Å². The lowest BCUT2D eigenvalue weighted by atomic mass is 9.47. The van der Waals surface area contributed by atoms with Gasteiger partial charge in [-0.15, -0.1) is 11.3 Å². The van der Waals surface area contributed by atoms with Gasteiger partial charge in [0.2, 0.25) is 0 Å². The van der Waals surface area contributed by atoms with Crippen molar-refractivity contribution in [2.45, 2.75) is 77.2 Å². The number of aliphatic hydroxyl groups excluding tert-OH is 1. The zero-order valence-electron chi connectivity index (χ0n) is 20.4. The SMILES string of the molecule is C[C@]12CC[C@H]3[C@@H](CC=C4C[C@@H](O)CC[C@@]43C)[C@@H]1CC[C@@H]2c1csc(N)c1C(=O)c1ccccc1. The number of nitrogens with two attached hydrogens (primary N) is 1. The summed E-state index contributed by atoms with van der Waals surface area (Å²) in [6.45, 7) is 5.01. The lowest BCUT2D eigenvalue weighted by Crippen LogP contribution is -2.50. The second kappa shape index (κ2) is 8.06. The molecule has 4 aliphatic rings. The Morgan fingerprint density at radius 1 is 1.06 bits per heavy atom. The van der Waals surface area contributed by atoms with Crippen LogP contribution in [0.15, 0.2) is 47.4 Å². The largest absolute Gasteiger partial charge is 0.393 e. The van der Waals surface area contributed by atoms with Gasteiger partial charge in [0.05, 0.1) is 16.7 Å². The normalized spacial score (nSPS) is 39.0. The molecule has 3 fully saturated rings. The first-order chi connectivity index (χ1) is 16.3. The van der Waals surface area contributed by atoms with Crippen LogP contribution < -0.4 is 5.73 Å². The van der Waals surface area contributed by atoms with E-state index >= 15 is 0 Å². The summed E-state index contributed by atoms with van der Waals surface area (Å²) in [5.74, 6) is 2.62. The topological polar surface area (TPSA) is 63.3 Å². The van der Waals surface area contributed by atoms with Crippen LogP contribution in [0.3, 0.4) is 0 Å². The first-order valence-electron chi connectivity index (χ1n) is 13.2. The number of aliphatic hydroxyl groups is 1. The maximum atomic E-state index is 13.5. The number of carbonyl (C=O) groups excluding carboxylic acids is 1. The summed E-state index contributed by atoms with van der Waals surface area (Å²) in [7, 11) is 0. The fourth-order valence-corrected chi connectivity index (χ4v) is 9.64. The van der Waals surface area contributed by atoms with Crippen LogP contribution in [-0.4, -0.2) is 17.0 Å². The van der Waals surface area contributed by atoms with E-state index in [0.29, 0.717) is 16.8 Å². The summed E-state index contributed by atoms with van der Waals surface area (Å²) >= 11 is 1.54. The van der Waals surface area contributed by atoms with Crippen LogP contribution in [0.2, 0.25) is 0 Å². The van der Waals surface area contributed by atoms with E-state index < -0.39 is 0 Å². The zero-order chi connectivity index (χ0) is 23.7. The Morgan fingerprint density at radius 3 is 2.65 bits per heavy atom. The van der Waals surface area contributed by atoms with E-state index in [4.69, 9.17) is 5.73 Å². The molecule has 0 radical (unpaired) electrons. The highest BCUT2D eigenvalue weighted by Gasteiger charge is 2.59. The van der Waals surface area contributed by atoms with Crippen molar-refractivity contribution in [1.29, 1.82) is 0 Å². The van der Waals surface area contributed by atoms with Crippen LogP contribution in [-0.2, 0) is 0 Å². The minimum absolute atomic E-state index is 0.0774. The molecular weight excluding hydrogens is 438 g/mol. The van der Waals surface area contributed by atoms with Crippen molar-refractivity contribution in [3.63, 3.8) is 0 Å². The maximum Gasteiger partial charge on any atom is 0.196 e. The Morgan fingerprint density at radius 2 is 1.85 bits per heavy atom. The van der Waals surface area contributed by atoms with Crippen LogP contribution >= 0.6 is 11.3 Å². The van der Waals surface area contributed by atoms with Crippen molar-refractivity contribution in [2.24, 2.45) is 28.6 Å². The van der Waals surface area contributed by atoms with E-state index in [1.54, 1.807) is 0 Å². The van der Waals surface area contributed by atoms with Gasteiger partial charge in [0.15, 0.2) is 5.78 Å². The summed E-state index contributed by atoms with van der Waals surface area (Å²) in [4.78, 5) is 13.5. The lowest BCUT2D eigenvalue weighted by molar-refractivity contribution is -0.0409. The van der Waals surface area contributed by atoms with Crippen LogP contribution in [0.1, 0.15) is 92.6 Å². The van der Waals surface area contributed by atoms with E-state index in [1.807, 2.05) is 30.3 Å². The zero-order valence-corrected chi connectivity index (χ0v) is 21.2. The fourth-order valence-electron chi connectivity index (χ4n) is 8.77. The molecule has 6 rings (SSSR count). The van der Waals surface area contributed by atoms with Gasteiger partial charge in [-0.2, -0.15) is 0 Å². The predicted molar refractivity (Wildman–Crippen MR) is 139 cm³/mol. The molecule has 4 heteroatoms. The second-order valence-electron chi connectivity index (χ2n) is 12.0. The van der Waals surface area contributed by atoms with E-state index in [-0.39, 0.29) is 22.7 Å². The molecule has 34 heavy (non-hydrogen) atoms. The molecule has 0 unspecified atom stereocenters. The second-order valence-corrected chi connectivity index (χ2v) is 12.9. The third-order valence-corrected chi connectivity index (χ3v) is 11.4. The number of anilines is 1. The average molecular weight is 476 g/mol. The van der Waals surface area contributed by atoms with Crippen molar-refractivity contribution < 1.29 is 9.90 Å². The molecule has 3 saturated carbocycles. The van der Waals surface area contributed by atoms with Gasteiger partial charge in [-0.05, 0) is 96.8 Å². The van der Waals surface area contributed by atoms with Crippen LogP contribution in [0, 0.1) is 28.6 Å². The van der Waals surface area contributed by atoms with Crippen molar-refractivity contribution in [3.05, 3.63) is 64.1 Å². The first kappa shape index (κ1) is 22.5. The predicted octanol–water partition coefficient (Wildman–Crippen LogP) is 6.97. The van der Waals surface area contributed by atoms with Gasteiger partial charge >= 0.3 is 0 Å². The fraction of sp³-hybridized carbons (Fsp3) is 0.567. The number of nitrogen functional groups attached to an aromatic ring is 1. The van der Waals surface area contributed by atoms with Gasteiger partial charge in [0.1, 0.15) is 0 Å². The molecular formula is C30H37NO2S. The Kier molecular flexibility index (Phi) is 5.35. The molecule has 2 aromatic rings. The average Bonchev–Trinajstić information content (AvgIpc) is 3.38. The molecule has 1 heterocycles. The molecule has 0 spiro atoms. The summed E-state index contributed by atoms with van der Waals surface area (Å²) in [5.41, 5.74) is 11.2. The van der Waals surface area contributed by atoms with Gasteiger partial charge in [0, 0.05) is 5.56 Å². The third kappa shape index (κ3) is 3.21. The van der Waals surface area contributed by atoms with E-state index in [9.17, 15) is 9.90 Å². The van der Waals surface area contributed by atoms with Gasteiger partial charge in [0.25, 0.3) is 0 Å². The highest BCUT2D eigenvalue weighted by molar-refractivity contribution is 7.14. The summed E-state index contributed by atoms with van der Waals surface area (Å²) in [6, 6.07) is 9.62. The van der Waals surface area contributed by atoms with Gasteiger partial charge in [-0.1, -0.05) is 55.8 Å². The minimum atomic E-state index is -0.148. The molecule has 3 N–H and O–H groups in total. The lowest BCUT2D eigenvalue weighted by Gasteiger charge is -2.58. The smallest absolute Gasteiger partial charge is 0.196 e. The maximum absolute atomic E-state index is 13.5. The number of carbonyl (C=O) groups is 1. The molecule has 1 aromatic heterocycles. The van der Waals surface area contributed by atoms with Crippen molar-refractivity contribution in [2.75, 3.05) is 5.73 Å². The van der Waals surface area contributed by atoms with Crippen LogP contribution in [0.4, 0.5) is 5.00 Å². The number of rotatable bonds is 3. The Balaban J connectivity index is 1.33. The quantitative estimate of drug-likeness (QED) is 0.372. The number of benzene rings is 1. The Labute approximate surface area is 207 Å². The molecule has 0 amide bonds.